The second-order valence-corrected chi connectivity index (χ2v) is 10.8. The van der Waals surface area contributed by atoms with E-state index in [-0.39, 0.29) is 0 Å². The van der Waals surface area contributed by atoms with E-state index in [9.17, 15) is 0 Å². The van der Waals surface area contributed by atoms with Gasteiger partial charge < -0.3 is 0 Å². The molecule has 0 unspecified atom stereocenters. The van der Waals surface area contributed by atoms with Crippen LogP contribution in [-0.4, -0.2) is 4.98 Å². The largest absolute Gasteiger partial charge is 0.256 e. The summed E-state index contributed by atoms with van der Waals surface area (Å²) < 4.78 is 2.64. The molecule has 0 fully saturated rings. The summed E-state index contributed by atoms with van der Waals surface area (Å²) >= 11 is 6.21. The predicted molar refractivity (Wildman–Crippen MR) is 164 cm³/mol. The summed E-state index contributed by atoms with van der Waals surface area (Å²) in [6.45, 7) is 0. The Balaban J connectivity index is 1.19. The Labute approximate surface area is 225 Å². The molecule has 2 aromatic heterocycles. The normalized spacial score (nSPS) is 11.5. The van der Waals surface area contributed by atoms with Crippen LogP contribution in [0.4, 0.5) is 0 Å². The fraction of sp³-hybridized carbons (Fsp3) is 0.0294. The standard InChI is InChI=1S/C34H23NS2/c36-21-22-5-7-23(8-6-22)24-9-10-26-18-27(12-11-25(26)17-24)29-13-15-32(35-20-29)28-14-16-34-31(19-28)30-3-1-2-4-33(30)37-34/h1-20,36H,21H2. The summed E-state index contributed by atoms with van der Waals surface area (Å²) in [5, 5.41) is 5.08. The minimum absolute atomic E-state index is 0.762. The Bertz CT molecular complexity index is 1900. The van der Waals surface area contributed by atoms with Gasteiger partial charge in [-0.1, -0.05) is 78.9 Å². The number of thiophene rings is 1. The Kier molecular flexibility index (Phi) is 5.53. The van der Waals surface area contributed by atoms with Gasteiger partial charge in [0.1, 0.15) is 0 Å². The van der Waals surface area contributed by atoms with Crippen LogP contribution in [0.15, 0.2) is 121 Å². The average Bonchev–Trinajstić information content (AvgIpc) is 3.35. The first-order valence-electron chi connectivity index (χ1n) is 12.4. The van der Waals surface area contributed by atoms with Crippen LogP contribution in [-0.2, 0) is 5.75 Å². The van der Waals surface area contributed by atoms with Gasteiger partial charge in [0.05, 0.1) is 5.69 Å². The lowest BCUT2D eigenvalue weighted by atomic mass is 9.97. The lowest BCUT2D eigenvalue weighted by Gasteiger charge is -2.08. The topological polar surface area (TPSA) is 12.9 Å². The van der Waals surface area contributed by atoms with Crippen molar-refractivity contribution in [1.29, 1.82) is 0 Å². The van der Waals surface area contributed by atoms with Gasteiger partial charge >= 0.3 is 0 Å². The van der Waals surface area contributed by atoms with Crippen LogP contribution in [0.25, 0.3) is 64.5 Å². The number of rotatable bonds is 4. The van der Waals surface area contributed by atoms with Crippen molar-refractivity contribution in [3.8, 4) is 33.5 Å². The van der Waals surface area contributed by atoms with Gasteiger partial charge in [0.15, 0.2) is 0 Å². The Morgan fingerprint density at radius 2 is 1.19 bits per heavy atom. The first kappa shape index (κ1) is 22.3. The van der Waals surface area contributed by atoms with E-state index in [2.05, 4.69) is 128 Å². The number of nitrogens with zero attached hydrogens (tertiary/aromatic N) is 1. The van der Waals surface area contributed by atoms with E-state index >= 15 is 0 Å². The van der Waals surface area contributed by atoms with Gasteiger partial charge in [0.2, 0.25) is 0 Å². The summed E-state index contributed by atoms with van der Waals surface area (Å²) in [6.07, 6.45) is 1.99. The van der Waals surface area contributed by atoms with Crippen molar-refractivity contribution in [2.75, 3.05) is 0 Å². The smallest absolute Gasteiger partial charge is 0.0702 e. The van der Waals surface area contributed by atoms with Crippen molar-refractivity contribution in [1.82, 2.24) is 4.98 Å². The maximum Gasteiger partial charge on any atom is 0.0702 e. The number of hydrogen-bond donors (Lipinski definition) is 1. The Morgan fingerprint density at radius 3 is 1.92 bits per heavy atom. The zero-order chi connectivity index (χ0) is 24.8. The molecular formula is C34H23NS2. The summed E-state index contributed by atoms with van der Waals surface area (Å²) in [4.78, 5) is 4.84. The first-order chi connectivity index (χ1) is 18.2. The molecule has 176 valence electrons. The van der Waals surface area contributed by atoms with Crippen molar-refractivity contribution < 1.29 is 0 Å². The maximum absolute atomic E-state index is 4.84. The van der Waals surface area contributed by atoms with Crippen LogP contribution in [0, 0.1) is 0 Å². The fourth-order valence-electron chi connectivity index (χ4n) is 5.03. The van der Waals surface area contributed by atoms with Crippen LogP contribution in [0.1, 0.15) is 5.56 Å². The molecule has 0 N–H and O–H groups in total. The number of thiol groups is 1. The molecule has 0 saturated carbocycles. The van der Waals surface area contributed by atoms with Crippen molar-refractivity contribution in [2.45, 2.75) is 5.75 Å². The van der Waals surface area contributed by atoms with Crippen molar-refractivity contribution >= 4 is 54.9 Å². The van der Waals surface area contributed by atoms with Gasteiger partial charge in [-0.15, -0.1) is 11.3 Å². The molecule has 0 radical (unpaired) electrons. The minimum Gasteiger partial charge on any atom is -0.256 e. The minimum atomic E-state index is 0.762. The first-order valence-corrected chi connectivity index (χ1v) is 13.8. The molecule has 0 spiro atoms. The maximum atomic E-state index is 4.84. The summed E-state index contributed by atoms with van der Waals surface area (Å²) in [5.41, 5.74) is 8.14. The molecule has 0 aliphatic rings. The third-order valence-electron chi connectivity index (χ3n) is 7.08. The van der Waals surface area contributed by atoms with Gasteiger partial charge in [0, 0.05) is 43.2 Å². The molecule has 3 heteroatoms. The second kappa shape index (κ2) is 9.19. The van der Waals surface area contributed by atoms with Crippen LogP contribution in [0.5, 0.6) is 0 Å². The highest BCUT2D eigenvalue weighted by atomic mass is 32.1. The van der Waals surface area contributed by atoms with Gasteiger partial charge in [-0.25, -0.2) is 0 Å². The van der Waals surface area contributed by atoms with E-state index in [1.807, 2.05) is 17.5 Å². The predicted octanol–water partition coefficient (Wildman–Crippen LogP) is 10.0. The molecule has 7 rings (SSSR count). The summed E-state index contributed by atoms with van der Waals surface area (Å²) in [5.74, 6) is 0.762. The highest BCUT2D eigenvalue weighted by Crippen LogP contribution is 2.36. The molecule has 1 nitrogen and oxygen atoms in total. The number of aromatic nitrogens is 1. The number of pyridine rings is 1. The SMILES string of the molecule is SCc1ccc(-c2ccc3cc(-c4ccc(-c5ccc6sc7ccccc7c6c5)nc4)ccc3c2)cc1. The third-order valence-corrected chi connectivity index (χ3v) is 8.60. The zero-order valence-electron chi connectivity index (χ0n) is 20.1. The van der Waals surface area contributed by atoms with Crippen LogP contribution >= 0.6 is 24.0 Å². The number of benzene rings is 5. The van der Waals surface area contributed by atoms with Crippen molar-refractivity contribution in [2.24, 2.45) is 0 Å². The van der Waals surface area contributed by atoms with Gasteiger partial charge in [-0.05, 0) is 69.4 Å². The summed E-state index contributed by atoms with van der Waals surface area (Å²) in [6, 6.07) is 41.6. The van der Waals surface area contributed by atoms with E-state index in [4.69, 9.17) is 4.98 Å². The molecule has 5 aromatic carbocycles. The highest BCUT2D eigenvalue weighted by Gasteiger charge is 2.08. The molecule has 7 aromatic rings. The van der Waals surface area contributed by atoms with E-state index in [1.54, 1.807) is 0 Å². The van der Waals surface area contributed by atoms with Crippen LogP contribution in [0.2, 0.25) is 0 Å². The average molecular weight is 510 g/mol. The Hall–Kier alpha value is -3.92. The molecule has 0 aliphatic heterocycles. The van der Waals surface area contributed by atoms with Crippen LogP contribution < -0.4 is 0 Å². The molecule has 2 heterocycles. The van der Waals surface area contributed by atoms with Crippen molar-refractivity contribution in [3.05, 3.63) is 127 Å². The quantitative estimate of drug-likeness (QED) is 0.233. The second-order valence-electron chi connectivity index (χ2n) is 9.37. The number of fused-ring (bicyclic) bond motifs is 4. The van der Waals surface area contributed by atoms with E-state index in [0.29, 0.717) is 0 Å². The van der Waals surface area contributed by atoms with Gasteiger partial charge in [-0.3, -0.25) is 4.98 Å². The summed E-state index contributed by atoms with van der Waals surface area (Å²) in [7, 11) is 0. The fourth-order valence-corrected chi connectivity index (χ4v) is 6.33. The van der Waals surface area contributed by atoms with E-state index < -0.39 is 0 Å². The molecule has 0 saturated heterocycles. The zero-order valence-corrected chi connectivity index (χ0v) is 21.8. The van der Waals surface area contributed by atoms with Gasteiger partial charge in [0.25, 0.3) is 0 Å². The molecule has 0 atom stereocenters. The Morgan fingerprint density at radius 1 is 0.541 bits per heavy atom. The molecule has 0 bridgehead atoms. The van der Waals surface area contributed by atoms with E-state index in [1.165, 1.54) is 53.2 Å². The number of hydrogen-bond acceptors (Lipinski definition) is 3. The lowest BCUT2D eigenvalue weighted by molar-refractivity contribution is 1.33. The highest BCUT2D eigenvalue weighted by molar-refractivity contribution is 7.79. The van der Waals surface area contributed by atoms with Gasteiger partial charge in [-0.2, -0.15) is 12.6 Å². The molecule has 0 amide bonds. The molecule has 37 heavy (non-hydrogen) atoms. The monoisotopic (exact) mass is 509 g/mol. The van der Waals surface area contributed by atoms with Crippen molar-refractivity contribution in [3.63, 3.8) is 0 Å². The molecular weight excluding hydrogens is 487 g/mol. The molecule has 0 aliphatic carbocycles. The lowest BCUT2D eigenvalue weighted by Crippen LogP contribution is -1.86. The van der Waals surface area contributed by atoms with E-state index in [0.717, 1.165) is 22.6 Å². The third kappa shape index (κ3) is 4.11. The van der Waals surface area contributed by atoms with Crippen LogP contribution in [0.3, 0.4) is 0 Å².